The summed E-state index contributed by atoms with van der Waals surface area (Å²) in [4.78, 5) is 0. The zero-order chi connectivity index (χ0) is 15.9. The molecule has 1 aliphatic heterocycles. The Hall–Kier alpha value is 0.650. The maximum Gasteiger partial charge on any atom is 0.335 e. The molecule has 2 unspecified atom stereocenters. The highest BCUT2D eigenvalue weighted by molar-refractivity contribution is 8.00. The molecule has 1 aliphatic rings. The van der Waals surface area contributed by atoms with Gasteiger partial charge in [0.25, 0.3) is 0 Å². The topological polar surface area (TPSA) is 71.1 Å². The van der Waals surface area contributed by atoms with Crippen LogP contribution in [0.2, 0.25) is 0 Å². The van der Waals surface area contributed by atoms with Gasteiger partial charge < -0.3 is 18.1 Å². The van der Waals surface area contributed by atoms with Crippen LogP contribution < -0.4 is 0 Å². The van der Waals surface area contributed by atoms with Gasteiger partial charge in [-0.2, -0.15) is 11.8 Å². The van der Waals surface area contributed by atoms with E-state index in [2.05, 4.69) is 0 Å². The van der Waals surface area contributed by atoms with Crippen LogP contribution >= 0.6 is 27.0 Å². The molecule has 2 atom stereocenters. The molecule has 1 saturated heterocycles. The van der Waals surface area contributed by atoms with Gasteiger partial charge in [0.05, 0.1) is 37.7 Å². The fourth-order valence-corrected chi connectivity index (χ4v) is 10.2. The first kappa shape index (κ1) is 19.7. The van der Waals surface area contributed by atoms with Gasteiger partial charge >= 0.3 is 15.2 Å². The molecular weight excluding hydrogens is 334 g/mol. The first-order valence-electron chi connectivity index (χ1n) is 7.32. The molecule has 0 spiro atoms. The molecule has 0 aromatic heterocycles. The first-order chi connectivity index (χ1) is 9.97. The van der Waals surface area contributed by atoms with Crippen LogP contribution in [0, 0.1) is 0 Å². The van der Waals surface area contributed by atoms with Crippen molar-refractivity contribution < 1.29 is 27.2 Å². The predicted octanol–water partition coefficient (Wildman–Crippen LogP) is 4.00. The largest absolute Gasteiger partial charge is 0.335 e. The number of thioether (sulfide) groups is 1. The van der Waals surface area contributed by atoms with Crippen LogP contribution in [0.25, 0.3) is 0 Å². The van der Waals surface area contributed by atoms with Crippen molar-refractivity contribution in [2.75, 3.05) is 37.9 Å². The Balaban J connectivity index is 3.05. The van der Waals surface area contributed by atoms with Crippen molar-refractivity contribution in [1.29, 1.82) is 0 Å². The summed E-state index contributed by atoms with van der Waals surface area (Å²) < 4.78 is 47.7. The summed E-state index contributed by atoms with van der Waals surface area (Å²) in [5.74, 6) is 1.15. The van der Waals surface area contributed by atoms with Crippen molar-refractivity contribution in [3.05, 3.63) is 0 Å². The molecule has 126 valence electrons. The van der Waals surface area contributed by atoms with E-state index >= 15 is 0 Å². The highest BCUT2D eigenvalue weighted by Gasteiger charge is 2.53. The average Bonchev–Trinajstić information content (AvgIpc) is 2.90. The van der Waals surface area contributed by atoms with Gasteiger partial charge in [-0.25, -0.2) is 0 Å². The normalized spacial score (nSPS) is 23.6. The summed E-state index contributed by atoms with van der Waals surface area (Å²) in [7, 11) is -6.64. The van der Waals surface area contributed by atoms with Crippen molar-refractivity contribution in [2.24, 2.45) is 0 Å². The van der Waals surface area contributed by atoms with E-state index in [9.17, 15) is 9.13 Å². The Morgan fingerprint density at radius 1 is 0.762 bits per heavy atom. The Morgan fingerprint density at radius 2 is 1.05 bits per heavy atom. The molecule has 1 fully saturated rings. The number of rotatable bonds is 10. The van der Waals surface area contributed by atoms with Crippen LogP contribution in [0.15, 0.2) is 0 Å². The van der Waals surface area contributed by atoms with Gasteiger partial charge in [-0.15, -0.1) is 0 Å². The Labute approximate surface area is 131 Å². The fourth-order valence-electron chi connectivity index (χ4n) is 2.31. The van der Waals surface area contributed by atoms with Crippen LogP contribution in [0.1, 0.15) is 27.7 Å². The second kappa shape index (κ2) is 9.07. The highest BCUT2D eigenvalue weighted by atomic mass is 32.2. The maximum absolute atomic E-state index is 13.0. The quantitative estimate of drug-likeness (QED) is 0.545. The highest BCUT2D eigenvalue weighted by Crippen LogP contribution is 2.67. The van der Waals surface area contributed by atoms with Crippen molar-refractivity contribution >= 4 is 27.0 Å². The predicted molar refractivity (Wildman–Crippen MR) is 86.6 cm³/mol. The van der Waals surface area contributed by atoms with E-state index in [0.717, 1.165) is 0 Å². The minimum absolute atomic E-state index is 0.290. The molecule has 0 saturated carbocycles. The summed E-state index contributed by atoms with van der Waals surface area (Å²) >= 11 is 1.58. The first-order valence-corrected chi connectivity index (χ1v) is 11.7. The summed E-state index contributed by atoms with van der Waals surface area (Å²) in [6.07, 6.45) is 0. The van der Waals surface area contributed by atoms with Gasteiger partial charge in [-0.3, -0.25) is 9.13 Å². The lowest BCUT2D eigenvalue weighted by molar-refractivity contribution is 0.199. The summed E-state index contributed by atoms with van der Waals surface area (Å²) in [6.45, 7) is 8.25. The molecule has 6 nitrogen and oxygen atoms in total. The van der Waals surface area contributed by atoms with Crippen molar-refractivity contribution in [3.63, 3.8) is 0 Å². The molecule has 0 N–H and O–H groups in total. The molecule has 21 heavy (non-hydrogen) atoms. The van der Waals surface area contributed by atoms with Gasteiger partial charge in [0.2, 0.25) is 0 Å². The van der Waals surface area contributed by atoms with E-state index in [1.54, 1.807) is 39.5 Å². The standard InChI is InChI=1S/C12H26O6P2S/c1-5-15-19(13,16-6-2)11-9-21-10-12(11)20(14,17-7-3)18-8-4/h11-12H,5-10H2,1-4H3. The van der Waals surface area contributed by atoms with Gasteiger partial charge in [-0.1, -0.05) is 0 Å². The smallest absolute Gasteiger partial charge is 0.309 e. The zero-order valence-corrected chi connectivity index (χ0v) is 15.8. The Bertz CT molecular complexity index is 349. The molecule has 0 amide bonds. The fraction of sp³-hybridized carbons (Fsp3) is 1.00. The second-order valence-corrected chi connectivity index (χ2v) is 10.0. The molecule has 9 heteroatoms. The van der Waals surface area contributed by atoms with E-state index < -0.39 is 26.5 Å². The van der Waals surface area contributed by atoms with Crippen LogP contribution in [-0.4, -0.2) is 49.3 Å². The molecule has 1 rings (SSSR count). The minimum atomic E-state index is -3.32. The van der Waals surface area contributed by atoms with E-state index in [0.29, 0.717) is 37.9 Å². The Kier molecular flexibility index (Phi) is 8.51. The van der Waals surface area contributed by atoms with Crippen LogP contribution in [0.5, 0.6) is 0 Å². The maximum atomic E-state index is 13.0. The third kappa shape index (κ3) is 4.81. The summed E-state index contributed by atoms with van der Waals surface area (Å²) in [5.41, 5.74) is -0.905. The van der Waals surface area contributed by atoms with Crippen molar-refractivity contribution in [3.8, 4) is 0 Å². The lowest BCUT2D eigenvalue weighted by Gasteiger charge is -2.30. The average molecular weight is 360 g/mol. The van der Waals surface area contributed by atoms with Gasteiger partial charge in [0.1, 0.15) is 0 Å². The van der Waals surface area contributed by atoms with Gasteiger partial charge in [-0.05, 0) is 27.7 Å². The molecule has 0 bridgehead atoms. The van der Waals surface area contributed by atoms with Crippen molar-refractivity contribution in [1.82, 2.24) is 0 Å². The summed E-state index contributed by atoms with van der Waals surface area (Å²) in [6, 6.07) is 0. The van der Waals surface area contributed by atoms with Crippen LogP contribution in [-0.2, 0) is 27.2 Å². The molecule has 0 radical (unpaired) electrons. The van der Waals surface area contributed by atoms with Crippen LogP contribution in [0.3, 0.4) is 0 Å². The molecule has 0 aromatic rings. The summed E-state index contributed by atoms with van der Waals surface area (Å²) in [5, 5.41) is 0. The third-order valence-electron chi connectivity index (χ3n) is 3.07. The zero-order valence-electron chi connectivity index (χ0n) is 13.1. The van der Waals surface area contributed by atoms with E-state index in [-0.39, 0.29) is 0 Å². The third-order valence-corrected chi connectivity index (χ3v) is 10.2. The van der Waals surface area contributed by atoms with E-state index in [1.165, 1.54) is 0 Å². The molecular formula is C12H26O6P2S. The molecule has 1 heterocycles. The van der Waals surface area contributed by atoms with Gasteiger partial charge in [0.15, 0.2) is 0 Å². The number of hydrogen-bond acceptors (Lipinski definition) is 7. The van der Waals surface area contributed by atoms with E-state index in [1.807, 2.05) is 0 Å². The second-order valence-electron chi connectivity index (χ2n) is 4.42. The monoisotopic (exact) mass is 360 g/mol. The lowest BCUT2D eigenvalue weighted by Crippen LogP contribution is -2.28. The molecule has 0 aliphatic carbocycles. The molecule has 0 aromatic carbocycles. The SMILES string of the molecule is CCOP(=O)(OCC)C1CSCC1P(=O)(OCC)OCC. The lowest BCUT2D eigenvalue weighted by atomic mass is 10.4. The number of hydrogen-bond donors (Lipinski definition) is 0. The minimum Gasteiger partial charge on any atom is -0.309 e. The van der Waals surface area contributed by atoms with Crippen molar-refractivity contribution in [2.45, 2.75) is 39.0 Å². The van der Waals surface area contributed by atoms with E-state index in [4.69, 9.17) is 18.1 Å². The Morgan fingerprint density at radius 3 is 1.29 bits per heavy atom. The van der Waals surface area contributed by atoms with Gasteiger partial charge in [0, 0.05) is 11.5 Å². The van der Waals surface area contributed by atoms with Crippen LogP contribution in [0.4, 0.5) is 0 Å².